The molecule has 3 aromatic carbocycles. The second-order valence-corrected chi connectivity index (χ2v) is 16.0. The fraction of sp³-hybridized carbons (Fsp3) is 0.120. The molecule has 0 atom stereocenters. The maximum Gasteiger partial charge on any atom is 0.138 e. The molecule has 0 bridgehead atoms. The van der Waals surface area contributed by atoms with Crippen LogP contribution in [0.15, 0.2) is 115 Å². The Balaban J connectivity index is 1.89. The average molecular weight is 385 g/mol. The van der Waals surface area contributed by atoms with Gasteiger partial charge in [0, 0.05) is 0 Å². The van der Waals surface area contributed by atoms with E-state index in [4.69, 9.17) is 0 Å². The smallest absolute Gasteiger partial charge is 0.0903 e. The van der Waals surface area contributed by atoms with Crippen molar-refractivity contribution >= 4 is 31.7 Å². The molecule has 0 spiro atoms. The molecule has 0 saturated heterocycles. The molecule has 3 aromatic rings. The SMILES string of the molecule is C[Si](C)(/C=C/C=C/[Si](C)(c1ccccc1)c1ccccc1)c1ccccc1. The first-order valence-electron chi connectivity index (χ1n) is 9.56. The van der Waals surface area contributed by atoms with Gasteiger partial charge in [0.05, 0.1) is 0 Å². The molecule has 0 aliphatic carbocycles. The van der Waals surface area contributed by atoms with E-state index in [1.54, 1.807) is 0 Å². The van der Waals surface area contributed by atoms with E-state index in [1.165, 1.54) is 15.6 Å². The Bertz CT molecular complexity index is 855. The van der Waals surface area contributed by atoms with Crippen molar-refractivity contribution in [1.29, 1.82) is 0 Å². The molecule has 0 unspecified atom stereocenters. The highest BCUT2D eigenvalue weighted by Gasteiger charge is 2.28. The summed E-state index contributed by atoms with van der Waals surface area (Å²) in [6.07, 6.45) is 4.56. The number of benzene rings is 3. The molecule has 0 aliphatic heterocycles. The van der Waals surface area contributed by atoms with Gasteiger partial charge < -0.3 is 0 Å². The highest BCUT2D eigenvalue weighted by molar-refractivity contribution is 7.05. The summed E-state index contributed by atoms with van der Waals surface area (Å²) < 4.78 is 0. The van der Waals surface area contributed by atoms with Crippen LogP contribution in [0.25, 0.3) is 0 Å². The third-order valence-corrected chi connectivity index (χ3v) is 12.1. The van der Waals surface area contributed by atoms with Crippen LogP contribution in [0, 0.1) is 0 Å². The van der Waals surface area contributed by atoms with Crippen LogP contribution in [0.3, 0.4) is 0 Å². The van der Waals surface area contributed by atoms with E-state index in [1.807, 2.05) is 0 Å². The number of rotatable bonds is 6. The lowest BCUT2D eigenvalue weighted by molar-refractivity contribution is 1.69. The molecule has 0 fully saturated rings. The van der Waals surface area contributed by atoms with Gasteiger partial charge in [-0.2, -0.15) is 0 Å². The first-order valence-corrected chi connectivity index (χ1v) is 15.2. The Morgan fingerprint density at radius 3 is 1.30 bits per heavy atom. The Labute approximate surface area is 165 Å². The Morgan fingerprint density at radius 2 is 0.852 bits per heavy atom. The zero-order valence-electron chi connectivity index (χ0n) is 16.5. The van der Waals surface area contributed by atoms with Crippen molar-refractivity contribution in [2.45, 2.75) is 19.6 Å². The minimum atomic E-state index is -1.89. The lowest BCUT2D eigenvalue weighted by atomic mass is 10.4. The first-order chi connectivity index (χ1) is 13.0. The summed E-state index contributed by atoms with van der Waals surface area (Å²) in [6, 6.07) is 32.8. The molecule has 0 radical (unpaired) electrons. The quantitative estimate of drug-likeness (QED) is 0.427. The molecule has 2 heteroatoms. The molecular formula is C25H28Si2. The summed E-state index contributed by atoms with van der Waals surface area (Å²) in [5.41, 5.74) is 4.90. The largest absolute Gasteiger partial charge is 0.138 e. The van der Waals surface area contributed by atoms with Crippen LogP contribution in [0.5, 0.6) is 0 Å². The second kappa shape index (κ2) is 8.51. The minimum Gasteiger partial charge on any atom is -0.0903 e. The maximum atomic E-state index is 2.46. The summed E-state index contributed by atoms with van der Waals surface area (Å²) >= 11 is 0. The average Bonchev–Trinajstić information content (AvgIpc) is 2.73. The van der Waals surface area contributed by atoms with E-state index in [2.05, 4.69) is 134 Å². The third kappa shape index (κ3) is 4.65. The van der Waals surface area contributed by atoms with Crippen molar-refractivity contribution in [3.8, 4) is 0 Å². The monoisotopic (exact) mass is 384 g/mol. The van der Waals surface area contributed by atoms with Crippen molar-refractivity contribution in [2.24, 2.45) is 0 Å². The van der Waals surface area contributed by atoms with Crippen molar-refractivity contribution in [2.75, 3.05) is 0 Å². The topological polar surface area (TPSA) is 0 Å². The van der Waals surface area contributed by atoms with Crippen molar-refractivity contribution in [1.82, 2.24) is 0 Å². The van der Waals surface area contributed by atoms with Crippen LogP contribution in [-0.2, 0) is 0 Å². The fourth-order valence-electron chi connectivity index (χ4n) is 3.44. The molecule has 136 valence electrons. The number of hydrogen-bond donors (Lipinski definition) is 0. The summed E-state index contributed by atoms with van der Waals surface area (Å²) in [5.74, 6) is 0. The summed E-state index contributed by atoms with van der Waals surface area (Å²) in [7, 11) is -3.44. The van der Waals surface area contributed by atoms with Crippen molar-refractivity contribution in [3.63, 3.8) is 0 Å². The van der Waals surface area contributed by atoms with E-state index < -0.39 is 16.1 Å². The molecule has 0 aliphatic rings. The van der Waals surface area contributed by atoms with Crippen LogP contribution < -0.4 is 15.6 Å². The van der Waals surface area contributed by atoms with E-state index >= 15 is 0 Å². The number of allylic oxidation sites excluding steroid dienone is 2. The Hall–Kier alpha value is -2.43. The van der Waals surface area contributed by atoms with Gasteiger partial charge in [-0.3, -0.25) is 0 Å². The van der Waals surface area contributed by atoms with Gasteiger partial charge in [-0.1, -0.05) is 150 Å². The summed E-state index contributed by atoms with van der Waals surface area (Å²) in [6.45, 7) is 7.23. The van der Waals surface area contributed by atoms with Gasteiger partial charge in [0.2, 0.25) is 0 Å². The Morgan fingerprint density at radius 1 is 0.481 bits per heavy atom. The van der Waals surface area contributed by atoms with Crippen LogP contribution in [0.4, 0.5) is 0 Å². The van der Waals surface area contributed by atoms with Gasteiger partial charge in [-0.15, -0.1) is 0 Å². The van der Waals surface area contributed by atoms with Gasteiger partial charge in [-0.05, 0) is 0 Å². The van der Waals surface area contributed by atoms with E-state index in [9.17, 15) is 0 Å². The lowest BCUT2D eigenvalue weighted by Crippen LogP contribution is -2.54. The predicted molar refractivity (Wildman–Crippen MR) is 126 cm³/mol. The van der Waals surface area contributed by atoms with Crippen molar-refractivity contribution in [3.05, 3.63) is 115 Å². The molecular weight excluding hydrogens is 356 g/mol. The first kappa shape index (κ1) is 19.3. The van der Waals surface area contributed by atoms with E-state index in [0.29, 0.717) is 0 Å². The standard InChI is InChI=1S/C25H28Si2/c1-26(2,23-15-7-4-8-16-23)21-13-14-22-27(3,24-17-9-5-10-18-24)25-19-11-6-12-20-25/h4-22H,1-3H3/b21-13+,22-14+. The van der Waals surface area contributed by atoms with Gasteiger partial charge in [0.25, 0.3) is 0 Å². The molecule has 27 heavy (non-hydrogen) atoms. The van der Waals surface area contributed by atoms with Crippen LogP contribution >= 0.6 is 0 Å². The highest BCUT2D eigenvalue weighted by atomic mass is 28.3. The highest BCUT2D eigenvalue weighted by Crippen LogP contribution is 2.09. The molecule has 0 amide bonds. The maximum absolute atomic E-state index is 2.46. The molecule has 0 heterocycles. The number of hydrogen-bond acceptors (Lipinski definition) is 0. The molecule has 3 rings (SSSR count). The zero-order chi connectivity index (χ0) is 19.2. The molecule has 0 aromatic heterocycles. The van der Waals surface area contributed by atoms with Crippen LogP contribution in [-0.4, -0.2) is 16.1 Å². The van der Waals surface area contributed by atoms with Crippen LogP contribution in [0.1, 0.15) is 0 Å². The summed E-state index contributed by atoms with van der Waals surface area (Å²) in [5, 5.41) is 4.36. The summed E-state index contributed by atoms with van der Waals surface area (Å²) in [4.78, 5) is 0. The third-order valence-electron chi connectivity index (χ3n) is 5.32. The van der Waals surface area contributed by atoms with E-state index in [0.717, 1.165) is 0 Å². The normalized spacial score (nSPS) is 12.7. The van der Waals surface area contributed by atoms with Gasteiger partial charge in [0.1, 0.15) is 16.1 Å². The van der Waals surface area contributed by atoms with Crippen molar-refractivity contribution < 1.29 is 0 Å². The molecule has 0 nitrogen and oxygen atoms in total. The van der Waals surface area contributed by atoms with Crippen LogP contribution in [0.2, 0.25) is 19.6 Å². The molecule has 0 N–H and O–H groups in total. The minimum absolute atomic E-state index is 1.44. The van der Waals surface area contributed by atoms with Gasteiger partial charge in [0.15, 0.2) is 0 Å². The zero-order valence-corrected chi connectivity index (χ0v) is 18.5. The van der Waals surface area contributed by atoms with Gasteiger partial charge in [-0.25, -0.2) is 0 Å². The second-order valence-electron chi connectivity index (χ2n) is 7.74. The van der Waals surface area contributed by atoms with E-state index in [-0.39, 0.29) is 0 Å². The fourth-order valence-corrected chi connectivity index (χ4v) is 8.26. The van der Waals surface area contributed by atoms with Gasteiger partial charge >= 0.3 is 0 Å². The molecule has 0 saturated carbocycles. The Kier molecular flexibility index (Phi) is 6.09. The predicted octanol–water partition coefficient (Wildman–Crippen LogP) is 4.69. The lowest BCUT2D eigenvalue weighted by Gasteiger charge is -2.25.